The average Bonchev–Trinajstić information content (AvgIpc) is 2.78. The molecular weight excluding hydrogens is 232 g/mol. The lowest BCUT2D eigenvalue weighted by atomic mass is 10.4. The minimum Gasteiger partial charge on any atom is -0.459 e. The molecule has 0 aromatic carbocycles. The average molecular weight is 245 g/mol. The van der Waals surface area contributed by atoms with Crippen LogP contribution in [0.5, 0.6) is 0 Å². The van der Waals surface area contributed by atoms with Crippen molar-refractivity contribution in [2.45, 2.75) is 6.42 Å². The number of hydrogen-bond acceptors (Lipinski definition) is 3. The highest BCUT2D eigenvalue weighted by molar-refractivity contribution is 6.18. The van der Waals surface area contributed by atoms with Crippen LogP contribution in [-0.2, 0) is 4.79 Å². The third-order valence-corrected chi connectivity index (χ3v) is 1.99. The predicted octanol–water partition coefficient (Wildman–Crippen LogP) is 0.754. The topological polar surface area (TPSA) is 71.3 Å². The number of amides is 2. The van der Waals surface area contributed by atoms with Crippen LogP contribution in [0.3, 0.4) is 0 Å². The first-order valence-corrected chi connectivity index (χ1v) is 5.42. The zero-order chi connectivity index (χ0) is 11.8. The molecular formula is C10H13ClN2O3. The van der Waals surface area contributed by atoms with Gasteiger partial charge in [-0.05, 0) is 12.1 Å². The van der Waals surface area contributed by atoms with Crippen molar-refractivity contribution in [1.29, 1.82) is 0 Å². The molecule has 0 bridgehead atoms. The van der Waals surface area contributed by atoms with Gasteiger partial charge in [0.25, 0.3) is 5.91 Å². The number of halogens is 1. The molecule has 1 rings (SSSR count). The number of rotatable bonds is 6. The van der Waals surface area contributed by atoms with E-state index in [4.69, 9.17) is 16.0 Å². The summed E-state index contributed by atoms with van der Waals surface area (Å²) in [6.07, 6.45) is 1.71. The second-order valence-electron chi connectivity index (χ2n) is 3.02. The normalized spacial score (nSPS) is 9.81. The molecule has 0 atom stereocenters. The van der Waals surface area contributed by atoms with E-state index < -0.39 is 0 Å². The fourth-order valence-electron chi connectivity index (χ4n) is 1.05. The van der Waals surface area contributed by atoms with E-state index in [1.54, 1.807) is 12.1 Å². The van der Waals surface area contributed by atoms with Crippen LogP contribution < -0.4 is 10.6 Å². The van der Waals surface area contributed by atoms with E-state index in [0.29, 0.717) is 19.0 Å². The Morgan fingerprint density at radius 3 is 2.69 bits per heavy atom. The first-order chi connectivity index (χ1) is 7.74. The largest absolute Gasteiger partial charge is 0.459 e. The molecule has 6 heteroatoms. The Labute approximate surface area is 98.1 Å². The number of nitrogens with one attached hydrogen (secondary N) is 2. The van der Waals surface area contributed by atoms with Crippen molar-refractivity contribution >= 4 is 23.4 Å². The van der Waals surface area contributed by atoms with E-state index in [2.05, 4.69) is 10.6 Å². The summed E-state index contributed by atoms with van der Waals surface area (Å²) in [7, 11) is 0. The summed E-state index contributed by atoms with van der Waals surface area (Å²) in [5.74, 6) is 0.135. The highest BCUT2D eigenvalue weighted by Crippen LogP contribution is 1.98. The highest BCUT2D eigenvalue weighted by Gasteiger charge is 2.06. The fourth-order valence-corrected chi connectivity index (χ4v) is 1.22. The number of alkyl halides is 1. The van der Waals surface area contributed by atoms with Crippen LogP contribution in [0.4, 0.5) is 0 Å². The standard InChI is InChI=1S/C10H13ClN2O3/c11-4-3-9(14)12-5-6-13-10(15)8-2-1-7-16-8/h1-2,7H,3-6H2,(H,12,14)(H,13,15). The number of carbonyl (C=O) groups excluding carboxylic acids is 2. The molecule has 0 saturated carbocycles. The van der Waals surface area contributed by atoms with Gasteiger partial charge in [0.15, 0.2) is 5.76 Å². The number of hydrogen-bond donors (Lipinski definition) is 2. The minimum atomic E-state index is -0.295. The lowest BCUT2D eigenvalue weighted by Gasteiger charge is -2.04. The van der Waals surface area contributed by atoms with E-state index in [1.165, 1.54) is 6.26 Å². The van der Waals surface area contributed by atoms with Crippen LogP contribution in [0.1, 0.15) is 17.0 Å². The van der Waals surface area contributed by atoms with Gasteiger partial charge in [-0.3, -0.25) is 9.59 Å². The molecule has 1 aromatic heterocycles. The molecule has 88 valence electrons. The van der Waals surface area contributed by atoms with E-state index >= 15 is 0 Å². The van der Waals surface area contributed by atoms with Crippen molar-refractivity contribution in [3.05, 3.63) is 24.2 Å². The van der Waals surface area contributed by atoms with Crippen LogP contribution >= 0.6 is 11.6 Å². The molecule has 0 aliphatic rings. The van der Waals surface area contributed by atoms with Crippen molar-refractivity contribution in [1.82, 2.24) is 10.6 Å². The Kier molecular flexibility index (Phi) is 5.42. The van der Waals surface area contributed by atoms with Gasteiger partial charge in [0.1, 0.15) is 0 Å². The van der Waals surface area contributed by atoms with E-state index in [1.807, 2.05) is 0 Å². The highest BCUT2D eigenvalue weighted by atomic mass is 35.5. The molecule has 2 N–H and O–H groups in total. The maximum atomic E-state index is 11.3. The van der Waals surface area contributed by atoms with Gasteiger partial charge in [-0.2, -0.15) is 0 Å². The van der Waals surface area contributed by atoms with Gasteiger partial charge in [0, 0.05) is 25.4 Å². The lowest BCUT2D eigenvalue weighted by molar-refractivity contribution is -0.120. The fraction of sp³-hybridized carbons (Fsp3) is 0.400. The molecule has 5 nitrogen and oxygen atoms in total. The summed E-state index contributed by atoms with van der Waals surface area (Å²) >= 11 is 5.38. The number of furan rings is 1. The van der Waals surface area contributed by atoms with Crippen molar-refractivity contribution in [3.8, 4) is 0 Å². The first-order valence-electron chi connectivity index (χ1n) is 4.88. The van der Waals surface area contributed by atoms with Gasteiger partial charge in [0.2, 0.25) is 5.91 Å². The molecule has 0 aliphatic carbocycles. The molecule has 0 saturated heterocycles. The van der Waals surface area contributed by atoms with Gasteiger partial charge in [0.05, 0.1) is 6.26 Å². The van der Waals surface area contributed by atoms with Crippen LogP contribution in [0.15, 0.2) is 22.8 Å². The molecule has 1 aromatic rings. The van der Waals surface area contributed by atoms with Crippen LogP contribution in [0.2, 0.25) is 0 Å². The third kappa shape index (κ3) is 4.35. The molecule has 16 heavy (non-hydrogen) atoms. The lowest BCUT2D eigenvalue weighted by Crippen LogP contribution is -2.34. The SMILES string of the molecule is O=C(CCCl)NCCNC(=O)c1ccco1. The van der Waals surface area contributed by atoms with Crippen LogP contribution in [0.25, 0.3) is 0 Å². The summed E-state index contributed by atoms with van der Waals surface area (Å²) in [6.45, 7) is 0.732. The van der Waals surface area contributed by atoms with Crippen molar-refractivity contribution in [2.75, 3.05) is 19.0 Å². The summed E-state index contributed by atoms with van der Waals surface area (Å²) in [4.78, 5) is 22.3. The molecule has 0 radical (unpaired) electrons. The van der Waals surface area contributed by atoms with Crippen LogP contribution in [0, 0.1) is 0 Å². The van der Waals surface area contributed by atoms with Crippen LogP contribution in [-0.4, -0.2) is 30.8 Å². The Hall–Kier alpha value is -1.49. The molecule has 0 unspecified atom stereocenters. The summed E-state index contributed by atoms with van der Waals surface area (Å²) in [5.41, 5.74) is 0. The maximum Gasteiger partial charge on any atom is 0.287 e. The summed E-state index contributed by atoms with van der Waals surface area (Å²) in [6, 6.07) is 3.21. The van der Waals surface area contributed by atoms with E-state index in [0.717, 1.165) is 0 Å². The van der Waals surface area contributed by atoms with E-state index in [-0.39, 0.29) is 24.0 Å². The Morgan fingerprint density at radius 1 is 1.31 bits per heavy atom. The zero-order valence-corrected chi connectivity index (χ0v) is 9.42. The zero-order valence-electron chi connectivity index (χ0n) is 8.66. The third-order valence-electron chi connectivity index (χ3n) is 1.80. The summed E-state index contributed by atoms with van der Waals surface area (Å²) < 4.78 is 4.90. The Morgan fingerprint density at radius 2 is 2.06 bits per heavy atom. The van der Waals surface area contributed by atoms with Crippen molar-refractivity contribution < 1.29 is 14.0 Å². The van der Waals surface area contributed by atoms with Gasteiger partial charge < -0.3 is 15.1 Å². The Balaban J connectivity index is 2.12. The molecule has 1 heterocycles. The van der Waals surface area contributed by atoms with Crippen molar-refractivity contribution in [3.63, 3.8) is 0 Å². The molecule has 0 spiro atoms. The second kappa shape index (κ2) is 6.90. The predicted molar refractivity (Wildman–Crippen MR) is 59.4 cm³/mol. The van der Waals surface area contributed by atoms with E-state index in [9.17, 15) is 9.59 Å². The maximum absolute atomic E-state index is 11.3. The van der Waals surface area contributed by atoms with Gasteiger partial charge >= 0.3 is 0 Å². The van der Waals surface area contributed by atoms with Crippen molar-refractivity contribution in [2.24, 2.45) is 0 Å². The molecule has 2 amide bonds. The summed E-state index contributed by atoms with van der Waals surface area (Å²) in [5, 5.41) is 5.22. The van der Waals surface area contributed by atoms with Gasteiger partial charge in [-0.15, -0.1) is 11.6 Å². The minimum absolute atomic E-state index is 0.123. The Bertz CT molecular complexity index is 338. The smallest absolute Gasteiger partial charge is 0.287 e. The number of carbonyl (C=O) groups is 2. The van der Waals surface area contributed by atoms with Gasteiger partial charge in [-0.25, -0.2) is 0 Å². The molecule has 0 aliphatic heterocycles. The second-order valence-corrected chi connectivity index (χ2v) is 3.40. The molecule has 0 fully saturated rings. The monoisotopic (exact) mass is 244 g/mol. The van der Waals surface area contributed by atoms with Gasteiger partial charge in [-0.1, -0.05) is 0 Å². The quantitative estimate of drug-likeness (QED) is 0.573. The first kappa shape index (κ1) is 12.6.